The number of carbonyl (C=O) groups is 1. The van der Waals surface area contributed by atoms with E-state index in [2.05, 4.69) is 25.5 Å². The molecular weight excluding hydrogens is 278 g/mol. The van der Waals surface area contributed by atoms with E-state index in [9.17, 15) is 13.2 Å². The van der Waals surface area contributed by atoms with Crippen LogP contribution in [0.2, 0.25) is 0 Å². The van der Waals surface area contributed by atoms with Gasteiger partial charge < -0.3 is 5.11 Å². The topological polar surface area (TPSA) is 83.5 Å². The number of aliphatic carboxylic acids is 1. The van der Waals surface area contributed by atoms with Crippen LogP contribution in [0.3, 0.4) is 0 Å². The Hall–Kier alpha value is -1.40. The molecule has 0 aliphatic carbocycles. The van der Waals surface area contributed by atoms with Gasteiger partial charge in [-0.3, -0.25) is 4.79 Å². The summed E-state index contributed by atoms with van der Waals surface area (Å²) in [7, 11) is -3.47. The Balaban J connectivity index is 3.05. The van der Waals surface area contributed by atoms with Crippen molar-refractivity contribution < 1.29 is 18.3 Å². The standard InChI is InChI=1S/C14H21NO4S/c1-14(2,3)11-7-5-10(6-8-11)12(9-13(16)17)15-20(4,18)19/h5-8,12,15H,9H2,1-4H3,(H,16,17). The van der Waals surface area contributed by atoms with Gasteiger partial charge in [0.15, 0.2) is 0 Å². The minimum atomic E-state index is -3.47. The molecule has 1 aromatic rings. The number of hydrogen-bond acceptors (Lipinski definition) is 3. The molecule has 1 unspecified atom stereocenters. The highest BCUT2D eigenvalue weighted by atomic mass is 32.2. The molecule has 6 heteroatoms. The van der Waals surface area contributed by atoms with Crippen LogP contribution in [-0.2, 0) is 20.2 Å². The fraction of sp³-hybridized carbons (Fsp3) is 0.500. The molecule has 0 fully saturated rings. The molecule has 112 valence electrons. The number of nitrogens with one attached hydrogen (secondary N) is 1. The molecule has 20 heavy (non-hydrogen) atoms. The SMILES string of the molecule is CC(C)(C)c1ccc(C(CC(=O)O)NS(C)(=O)=O)cc1. The Morgan fingerprint density at radius 2 is 1.75 bits per heavy atom. The first kappa shape index (κ1) is 16.7. The highest BCUT2D eigenvalue weighted by Gasteiger charge is 2.20. The molecule has 0 amide bonds. The van der Waals surface area contributed by atoms with Crippen molar-refractivity contribution in [3.8, 4) is 0 Å². The van der Waals surface area contributed by atoms with Crippen molar-refractivity contribution in [2.75, 3.05) is 6.26 Å². The molecule has 0 radical (unpaired) electrons. The fourth-order valence-corrected chi connectivity index (χ4v) is 2.61. The van der Waals surface area contributed by atoms with E-state index in [1.165, 1.54) is 0 Å². The molecule has 0 bridgehead atoms. The Labute approximate surface area is 120 Å². The van der Waals surface area contributed by atoms with Crippen molar-refractivity contribution in [1.82, 2.24) is 4.72 Å². The van der Waals surface area contributed by atoms with Gasteiger partial charge in [0.25, 0.3) is 0 Å². The maximum absolute atomic E-state index is 11.3. The van der Waals surface area contributed by atoms with Gasteiger partial charge in [-0.25, -0.2) is 13.1 Å². The lowest BCUT2D eigenvalue weighted by Gasteiger charge is -2.21. The summed E-state index contributed by atoms with van der Waals surface area (Å²) in [5.74, 6) is -1.05. The quantitative estimate of drug-likeness (QED) is 0.871. The van der Waals surface area contributed by atoms with Gasteiger partial charge in [0.2, 0.25) is 10.0 Å². The lowest BCUT2D eigenvalue weighted by molar-refractivity contribution is -0.137. The third kappa shape index (κ3) is 5.30. The molecule has 1 rings (SSSR count). The van der Waals surface area contributed by atoms with Gasteiger partial charge in [-0.1, -0.05) is 45.0 Å². The first-order chi connectivity index (χ1) is 8.99. The number of benzene rings is 1. The maximum Gasteiger partial charge on any atom is 0.305 e. The van der Waals surface area contributed by atoms with Crippen molar-refractivity contribution in [2.24, 2.45) is 0 Å². The second-order valence-electron chi connectivity index (χ2n) is 5.91. The van der Waals surface area contributed by atoms with Crippen molar-refractivity contribution in [3.63, 3.8) is 0 Å². The number of carboxylic acids is 1. The molecule has 0 aromatic heterocycles. The summed E-state index contributed by atoms with van der Waals surface area (Å²) in [4.78, 5) is 10.9. The van der Waals surface area contributed by atoms with Crippen molar-refractivity contribution in [3.05, 3.63) is 35.4 Å². The molecule has 2 N–H and O–H groups in total. The zero-order valence-electron chi connectivity index (χ0n) is 12.2. The van der Waals surface area contributed by atoms with E-state index in [-0.39, 0.29) is 11.8 Å². The van der Waals surface area contributed by atoms with Crippen molar-refractivity contribution >= 4 is 16.0 Å². The third-order valence-electron chi connectivity index (χ3n) is 2.91. The molecule has 0 heterocycles. The Kier molecular flexibility index (Phi) is 4.94. The van der Waals surface area contributed by atoms with Crippen LogP contribution < -0.4 is 4.72 Å². The normalized spacial score (nSPS) is 14.0. The van der Waals surface area contributed by atoms with E-state index in [4.69, 9.17) is 5.11 Å². The molecule has 1 atom stereocenters. The predicted molar refractivity (Wildman–Crippen MR) is 78.1 cm³/mol. The molecular formula is C14H21NO4S. The van der Waals surface area contributed by atoms with Crippen LogP contribution in [0.4, 0.5) is 0 Å². The van der Waals surface area contributed by atoms with E-state index < -0.39 is 22.0 Å². The fourth-order valence-electron chi connectivity index (χ4n) is 1.88. The van der Waals surface area contributed by atoms with Crippen LogP contribution in [0.1, 0.15) is 44.4 Å². The number of carboxylic acid groups (broad SMARTS) is 1. The number of rotatable bonds is 5. The van der Waals surface area contributed by atoms with E-state index in [1.807, 2.05) is 12.1 Å². The van der Waals surface area contributed by atoms with Crippen LogP contribution in [0.5, 0.6) is 0 Å². The van der Waals surface area contributed by atoms with E-state index in [0.29, 0.717) is 5.56 Å². The Morgan fingerprint density at radius 1 is 1.25 bits per heavy atom. The molecule has 0 saturated heterocycles. The summed E-state index contributed by atoms with van der Waals surface area (Å²) in [6, 6.07) is 6.58. The first-order valence-electron chi connectivity index (χ1n) is 6.28. The highest BCUT2D eigenvalue weighted by Crippen LogP contribution is 2.25. The van der Waals surface area contributed by atoms with Crippen LogP contribution in [0.25, 0.3) is 0 Å². The lowest BCUT2D eigenvalue weighted by Crippen LogP contribution is -2.29. The van der Waals surface area contributed by atoms with Gasteiger partial charge in [0.05, 0.1) is 18.7 Å². The molecule has 1 aromatic carbocycles. The second-order valence-corrected chi connectivity index (χ2v) is 7.69. The monoisotopic (exact) mass is 299 g/mol. The van der Waals surface area contributed by atoms with Gasteiger partial charge in [-0.2, -0.15) is 0 Å². The Bertz CT molecular complexity index is 570. The van der Waals surface area contributed by atoms with Crippen molar-refractivity contribution in [1.29, 1.82) is 0 Å². The number of sulfonamides is 1. The van der Waals surface area contributed by atoms with E-state index in [1.54, 1.807) is 12.1 Å². The largest absolute Gasteiger partial charge is 0.481 e. The van der Waals surface area contributed by atoms with Crippen LogP contribution >= 0.6 is 0 Å². The lowest BCUT2D eigenvalue weighted by atomic mass is 9.86. The molecule has 0 aliphatic heterocycles. The zero-order valence-corrected chi connectivity index (χ0v) is 13.0. The summed E-state index contributed by atoms with van der Waals surface area (Å²) in [5, 5.41) is 8.89. The predicted octanol–water partition coefficient (Wildman–Crippen LogP) is 2.05. The van der Waals surface area contributed by atoms with Crippen LogP contribution in [0, 0.1) is 0 Å². The molecule has 5 nitrogen and oxygen atoms in total. The average Bonchev–Trinajstić information content (AvgIpc) is 2.24. The summed E-state index contributed by atoms with van der Waals surface area (Å²) in [6.45, 7) is 6.22. The Morgan fingerprint density at radius 3 is 2.10 bits per heavy atom. The number of hydrogen-bond donors (Lipinski definition) is 2. The van der Waals surface area contributed by atoms with Crippen molar-refractivity contribution in [2.45, 2.75) is 38.6 Å². The summed E-state index contributed by atoms with van der Waals surface area (Å²) in [6.07, 6.45) is 0.729. The van der Waals surface area contributed by atoms with Gasteiger partial charge in [-0.15, -0.1) is 0 Å². The first-order valence-corrected chi connectivity index (χ1v) is 8.18. The van der Waals surface area contributed by atoms with Gasteiger partial charge in [-0.05, 0) is 16.5 Å². The van der Waals surface area contributed by atoms with E-state index >= 15 is 0 Å². The summed E-state index contributed by atoms with van der Waals surface area (Å²) >= 11 is 0. The minimum Gasteiger partial charge on any atom is -0.481 e. The zero-order chi connectivity index (χ0) is 15.6. The van der Waals surface area contributed by atoms with Gasteiger partial charge in [0.1, 0.15) is 0 Å². The average molecular weight is 299 g/mol. The maximum atomic E-state index is 11.3. The summed E-state index contributed by atoms with van der Waals surface area (Å²) < 4.78 is 25.0. The van der Waals surface area contributed by atoms with Gasteiger partial charge >= 0.3 is 5.97 Å². The van der Waals surface area contributed by atoms with Gasteiger partial charge in [0, 0.05) is 0 Å². The smallest absolute Gasteiger partial charge is 0.305 e. The highest BCUT2D eigenvalue weighted by molar-refractivity contribution is 7.88. The third-order valence-corrected chi connectivity index (χ3v) is 3.63. The van der Waals surface area contributed by atoms with Crippen LogP contribution in [-0.4, -0.2) is 25.7 Å². The van der Waals surface area contributed by atoms with Crippen LogP contribution in [0.15, 0.2) is 24.3 Å². The van der Waals surface area contributed by atoms with E-state index in [0.717, 1.165) is 11.8 Å². The molecule has 0 aliphatic rings. The molecule has 0 spiro atoms. The minimum absolute atomic E-state index is 0.00884. The second kappa shape index (κ2) is 5.93. The summed E-state index contributed by atoms with van der Waals surface area (Å²) in [5.41, 5.74) is 1.74. The molecule has 0 saturated carbocycles.